The maximum absolute atomic E-state index is 12.8. The number of hydrogen-bond acceptors (Lipinski definition) is 6. The molecule has 2 aliphatic heterocycles. The van der Waals surface area contributed by atoms with Crippen molar-refractivity contribution >= 4 is 27.3 Å². The molecule has 1 aromatic rings. The summed E-state index contributed by atoms with van der Waals surface area (Å²) in [4.78, 5) is 12.4. The van der Waals surface area contributed by atoms with E-state index in [1.807, 2.05) is 0 Å². The standard InChI is InChI=1S/C14H19ClN4O4S/c15-13-9-11(19(20)21)1-2-14(13)24(22,23)18-7-5-17(6-8-18)12-3-4-16-10-12/h1-2,9,12,16H,3-8,10H2. The molecule has 1 N–H and O–H groups in total. The number of non-ortho nitro benzene ring substituents is 1. The number of nitrogens with zero attached hydrogens (tertiary/aromatic N) is 3. The zero-order chi connectivity index (χ0) is 17.3. The maximum atomic E-state index is 12.8. The molecule has 8 nitrogen and oxygen atoms in total. The van der Waals surface area contributed by atoms with Crippen LogP contribution in [0.5, 0.6) is 0 Å². The van der Waals surface area contributed by atoms with Crippen LogP contribution in [-0.2, 0) is 10.0 Å². The fraction of sp³-hybridized carbons (Fsp3) is 0.571. The highest BCUT2D eigenvalue weighted by Gasteiger charge is 2.33. The molecule has 1 aromatic carbocycles. The molecular formula is C14H19ClN4O4S. The Morgan fingerprint density at radius 3 is 2.50 bits per heavy atom. The lowest BCUT2D eigenvalue weighted by molar-refractivity contribution is -0.384. The molecule has 0 bridgehead atoms. The molecule has 0 aliphatic carbocycles. The van der Waals surface area contributed by atoms with Crippen LogP contribution in [0.15, 0.2) is 23.1 Å². The van der Waals surface area contributed by atoms with Crippen molar-refractivity contribution < 1.29 is 13.3 Å². The third-order valence-corrected chi connectivity index (χ3v) is 6.95. The van der Waals surface area contributed by atoms with Crippen LogP contribution >= 0.6 is 11.6 Å². The number of piperazine rings is 1. The Labute approximate surface area is 145 Å². The van der Waals surface area contributed by atoms with E-state index in [0.717, 1.165) is 25.6 Å². The lowest BCUT2D eigenvalue weighted by Crippen LogP contribution is -2.52. The lowest BCUT2D eigenvalue weighted by atomic mass is 10.2. The summed E-state index contributed by atoms with van der Waals surface area (Å²) in [5.74, 6) is 0. The van der Waals surface area contributed by atoms with Gasteiger partial charge in [0.25, 0.3) is 5.69 Å². The fourth-order valence-corrected chi connectivity index (χ4v) is 5.15. The van der Waals surface area contributed by atoms with E-state index in [4.69, 9.17) is 11.6 Å². The molecule has 0 aromatic heterocycles. The average molecular weight is 375 g/mol. The van der Waals surface area contributed by atoms with Gasteiger partial charge >= 0.3 is 0 Å². The number of nitro benzene ring substituents is 1. The molecule has 0 saturated carbocycles. The Morgan fingerprint density at radius 1 is 1.25 bits per heavy atom. The molecule has 2 heterocycles. The second-order valence-corrected chi connectivity index (χ2v) is 8.27. The minimum Gasteiger partial charge on any atom is -0.315 e. The quantitative estimate of drug-likeness (QED) is 0.621. The van der Waals surface area contributed by atoms with Crippen LogP contribution in [0.1, 0.15) is 6.42 Å². The molecule has 2 saturated heterocycles. The van der Waals surface area contributed by atoms with E-state index < -0.39 is 14.9 Å². The van der Waals surface area contributed by atoms with Crippen molar-refractivity contribution in [3.8, 4) is 0 Å². The molecule has 1 unspecified atom stereocenters. The van der Waals surface area contributed by atoms with Crippen LogP contribution in [0.25, 0.3) is 0 Å². The van der Waals surface area contributed by atoms with Crippen LogP contribution in [0, 0.1) is 10.1 Å². The Balaban J connectivity index is 1.73. The Hall–Kier alpha value is -1.26. The molecule has 0 spiro atoms. The third-order valence-electron chi connectivity index (χ3n) is 4.57. The van der Waals surface area contributed by atoms with Gasteiger partial charge in [-0.1, -0.05) is 11.6 Å². The minimum atomic E-state index is -3.75. The van der Waals surface area contributed by atoms with Crippen molar-refractivity contribution in [1.82, 2.24) is 14.5 Å². The van der Waals surface area contributed by atoms with Gasteiger partial charge in [-0.15, -0.1) is 0 Å². The summed E-state index contributed by atoms with van der Waals surface area (Å²) >= 11 is 5.98. The topological polar surface area (TPSA) is 95.8 Å². The summed E-state index contributed by atoms with van der Waals surface area (Å²) in [5, 5.41) is 13.9. The number of hydrogen-bond donors (Lipinski definition) is 1. The first-order valence-electron chi connectivity index (χ1n) is 7.78. The van der Waals surface area contributed by atoms with Gasteiger partial charge in [0.05, 0.1) is 9.95 Å². The van der Waals surface area contributed by atoms with E-state index in [9.17, 15) is 18.5 Å². The molecule has 0 amide bonds. The van der Waals surface area contributed by atoms with Gasteiger partial charge in [0.15, 0.2) is 0 Å². The van der Waals surface area contributed by atoms with Crippen molar-refractivity contribution in [1.29, 1.82) is 0 Å². The highest BCUT2D eigenvalue weighted by atomic mass is 35.5. The predicted octanol–water partition coefficient (Wildman–Crippen LogP) is 0.916. The second-order valence-electron chi connectivity index (χ2n) is 5.96. The lowest BCUT2D eigenvalue weighted by Gasteiger charge is -2.37. The zero-order valence-corrected chi connectivity index (χ0v) is 14.6. The van der Waals surface area contributed by atoms with Gasteiger partial charge in [-0.25, -0.2) is 8.42 Å². The summed E-state index contributed by atoms with van der Waals surface area (Å²) in [6.45, 7) is 4.09. The van der Waals surface area contributed by atoms with Crippen LogP contribution in [0.4, 0.5) is 5.69 Å². The van der Waals surface area contributed by atoms with Gasteiger partial charge in [0, 0.05) is 50.9 Å². The number of sulfonamides is 1. The van der Waals surface area contributed by atoms with Gasteiger partial charge in [-0.2, -0.15) is 4.31 Å². The molecule has 2 aliphatic rings. The predicted molar refractivity (Wildman–Crippen MR) is 89.7 cm³/mol. The maximum Gasteiger partial charge on any atom is 0.271 e. The van der Waals surface area contributed by atoms with Gasteiger partial charge in [0.2, 0.25) is 10.0 Å². The molecule has 132 valence electrons. The number of nitrogens with one attached hydrogen (secondary N) is 1. The minimum absolute atomic E-state index is 0.0780. The van der Waals surface area contributed by atoms with E-state index >= 15 is 0 Å². The van der Waals surface area contributed by atoms with Crippen LogP contribution < -0.4 is 5.32 Å². The largest absolute Gasteiger partial charge is 0.315 e. The van der Waals surface area contributed by atoms with E-state index in [0.29, 0.717) is 32.2 Å². The highest BCUT2D eigenvalue weighted by molar-refractivity contribution is 7.89. The molecular weight excluding hydrogens is 356 g/mol. The van der Waals surface area contributed by atoms with Gasteiger partial charge in [-0.05, 0) is 19.0 Å². The van der Waals surface area contributed by atoms with Crippen LogP contribution in [0.2, 0.25) is 5.02 Å². The first kappa shape index (κ1) is 17.6. The van der Waals surface area contributed by atoms with Crippen molar-refractivity contribution in [3.05, 3.63) is 33.3 Å². The van der Waals surface area contributed by atoms with Crippen LogP contribution in [0.3, 0.4) is 0 Å². The third kappa shape index (κ3) is 3.40. The molecule has 0 radical (unpaired) electrons. The van der Waals surface area contributed by atoms with E-state index in [2.05, 4.69) is 10.2 Å². The zero-order valence-electron chi connectivity index (χ0n) is 13.0. The van der Waals surface area contributed by atoms with E-state index in [1.54, 1.807) is 0 Å². The number of rotatable bonds is 4. The van der Waals surface area contributed by atoms with Crippen molar-refractivity contribution in [2.24, 2.45) is 0 Å². The SMILES string of the molecule is O=[N+]([O-])c1ccc(S(=O)(=O)N2CCN(C3CCNC3)CC2)c(Cl)c1. The van der Waals surface area contributed by atoms with E-state index in [-0.39, 0.29) is 15.6 Å². The van der Waals surface area contributed by atoms with Crippen molar-refractivity contribution in [3.63, 3.8) is 0 Å². The summed E-state index contributed by atoms with van der Waals surface area (Å²) in [6.07, 6.45) is 1.08. The van der Waals surface area contributed by atoms with Crippen molar-refractivity contribution in [2.45, 2.75) is 17.4 Å². The van der Waals surface area contributed by atoms with Gasteiger partial charge in [-0.3, -0.25) is 15.0 Å². The monoisotopic (exact) mass is 374 g/mol. The van der Waals surface area contributed by atoms with E-state index in [1.165, 1.54) is 16.4 Å². The number of benzene rings is 1. The number of halogens is 1. The summed E-state index contributed by atoms with van der Waals surface area (Å²) in [6, 6.07) is 3.93. The normalized spacial score (nSPS) is 23.5. The first-order chi connectivity index (χ1) is 11.4. The summed E-state index contributed by atoms with van der Waals surface area (Å²) in [5.41, 5.74) is -0.225. The highest BCUT2D eigenvalue weighted by Crippen LogP contribution is 2.29. The smallest absolute Gasteiger partial charge is 0.271 e. The molecule has 2 fully saturated rings. The first-order valence-corrected chi connectivity index (χ1v) is 9.60. The Morgan fingerprint density at radius 2 is 1.96 bits per heavy atom. The van der Waals surface area contributed by atoms with Crippen LogP contribution in [-0.4, -0.2) is 67.9 Å². The Bertz CT molecular complexity index is 728. The van der Waals surface area contributed by atoms with Gasteiger partial charge < -0.3 is 5.32 Å². The summed E-state index contributed by atoms with van der Waals surface area (Å²) < 4.78 is 26.9. The van der Waals surface area contributed by atoms with Gasteiger partial charge in [0.1, 0.15) is 4.90 Å². The second kappa shape index (κ2) is 6.93. The fourth-order valence-electron chi connectivity index (χ4n) is 3.21. The molecule has 24 heavy (non-hydrogen) atoms. The van der Waals surface area contributed by atoms with Crippen molar-refractivity contribution in [2.75, 3.05) is 39.3 Å². The number of nitro groups is 1. The summed E-state index contributed by atoms with van der Waals surface area (Å²) in [7, 11) is -3.75. The molecule has 1 atom stereocenters. The molecule has 3 rings (SSSR count). The Kier molecular flexibility index (Phi) is 5.07. The molecule has 10 heteroatoms. The average Bonchev–Trinajstić information content (AvgIpc) is 3.09.